The number of aryl methyl sites for hydroxylation is 1. The van der Waals surface area contributed by atoms with Crippen LogP contribution in [0.15, 0.2) is 18.2 Å². The Balaban J connectivity index is 2.94. The summed E-state index contributed by atoms with van der Waals surface area (Å²) in [7, 11) is 0. The molecule has 18 heavy (non-hydrogen) atoms. The molecule has 0 unspecified atom stereocenters. The van der Waals surface area contributed by atoms with Crippen LogP contribution in [0.1, 0.15) is 29.3 Å². The molecule has 0 aliphatic heterocycles. The number of hydrogen-bond donors (Lipinski definition) is 3. The summed E-state index contributed by atoms with van der Waals surface area (Å²) in [6.07, 6.45) is 0.346. The highest BCUT2D eigenvalue weighted by Crippen LogP contribution is 2.13. The molecule has 0 radical (unpaired) electrons. The van der Waals surface area contributed by atoms with Crippen molar-refractivity contribution in [2.24, 2.45) is 0 Å². The molecule has 4 nitrogen and oxygen atoms in total. The van der Waals surface area contributed by atoms with Gasteiger partial charge in [0.05, 0.1) is 24.3 Å². The molecule has 1 aromatic rings. The Bertz CT molecular complexity index is 422. The summed E-state index contributed by atoms with van der Waals surface area (Å²) in [6, 6.07) is 4.28. The molecule has 0 saturated carbocycles. The van der Waals surface area contributed by atoms with Gasteiger partial charge in [0.1, 0.15) is 5.82 Å². The number of carbonyl (C=O) groups excluding carboxylic acids is 1. The van der Waals surface area contributed by atoms with Crippen LogP contribution in [-0.4, -0.2) is 34.9 Å². The maximum Gasteiger partial charge on any atom is 0.254 e. The van der Waals surface area contributed by atoms with E-state index in [0.717, 1.165) is 5.56 Å². The number of nitrogens with one attached hydrogen (secondary N) is 1. The van der Waals surface area contributed by atoms with Crippen molar-refractivity contribution >= 4 is 5.91 Å². The summed E-state index contributed by atoms with van der Waals surface area (Å²) in [5, 5.41) is 20.9. The van der Waals surface area contributed by atoms with E-state index >= 15 is 0 Å². The lowest BCUT2D eigenvalue weighted by Gasteiger charge is -2.29. The molecule has 3 N–H and O–H groups in total. The third kappa shape index (κ3) is 3.05. The molecule has 0 aliphatic carbocycles. The maximum absolute atomic E-state index is 13.6. The summed E-state index contributed by atoms with van der Waals surface area (Å²) in [5.41, 5.74) is -0.496. The van der Waals surface area contributed by atoms with Gasteiger partial charge in [-0.1, -0.05) is 13.0 Å². The molecular formula is C13H18FNO3. The zero-order chi connectivity index (χ0) is 13.8. The van der Waals surface area contributed by atoms with Gasteiger partial charge in [0.2, 0.25) is 0 Å². The van der Waals surface area contributed by atoms with Gasteiger partial charge in [-0.15, -0.1) is 0 Å². The molecule has 1 rings (SSSR count). The molecule has 0 aromatic heterocycles. The minimum atomic E-state index is -1.12. The average molecular weight is 255 g/mol. The Hall–Kier alpha value is -1.46. The van der Waals surface area contributed by atoms with E-state index in [-0.39, 0.29) is 5.56 Å². The number of halogens is 1. The minimum Gasteiger partial charge on any atom is -0.394 e. The van der Waals surface area contributed by atoms with Crippen molar-refractivity contribution in [1.29, 1.82) is 0 Å². The molecule has 0 fully saturated rings. The van der Waals surface area contributed by atoms with Crippen molar-refractivity contribution in [2.75, 3.05) is 13.2 Å². The first-order valence-corrected chi connectivity index (χ1v) is 5.78. The van der Waals surface area contributed by atoms with Crippen LogP contribution in [-0.2, 0) is 0 Å². The van der Waals surface area contributed by atoms with Crippen LogP contribution < -0.4 is 5.32 Å². The first-order valence-electron chi connectivity index (χ1n) is 5.78. The van der Waals surface area contributed by atoms with Crippen LogP contribution in [0, 0.1) is 12.7 Å². The molecule has 0 bridgehead atoms. The highest BCUT2D eigenvalue weighted by Gasteiger charge is 2.29. The summed E-state index contributed by atoms with van der Waals surface area (Å²) in [6.45, 7) is 2.64. The minimum absolute atomic E-state index is 0.0969. The van der Waals surface area contributed by atoms with Crippen LogP contribution >= 0.6 is 0 Å². The van der Waals surface area contributed by atoms with E-state index in [1.165, 1.54) is 12.1 Å². The Labute approximate surface area is 105 Å². The normalized spacial score (nSPS) is 11.4. The van der Waals surface area contributed by atoms with Gasteiger partial charge in [0, 0.05) is 0 Å². The van der Waals surface area contributed by atoms with Crippen molar-refractivity contribution in [2.45, 2.75) is 25.8 Å². The number of carbonyl (C=O) groups is 1. The van der Waals surface area contributed by atoms with Gasteiger partial charge < -0.3 is 15.5 Å². The monoisotopic (exact) mass is 255 g/mol. The van der Waals surface area contributed by atoms with Crippen molar-refractivity contribution < 1.29 is 19.4 Å². The molecule has 0 heterocycles. The first-order chi connectivity index (χ1) is 8.48. The predicted molar refractivity (Wildman–Crippen MR) is 65.8 cm³/mol. The van der Waals surface area contributed by atoms with Gasteiger partial charge in [-0.25, -0.2) is 4.39 Å². The van der Waals surface area contributed by atoms with Crippen LogP contribution in [0.3, 0.4) is 0 Å². The molecule has 5 heteroatoms. The topological polar surface area (TPSA) is 69.6 Å². The van der Waals surface area contributed by atoms with E-state index in [2.05, 4.69) is 5.32 Å². The Morgan fingerprint density at radius 2 is 2.00 bits per heavy atom. The quantitative estimate of drug-likeness (QED) is 0.735. The number of amides is 1. The molecule has 1 aromatic carbocycles. The standard InChI is InChI=1S/C13H18FNO3/c1-3-13(7-16,8-17)15-12(18)10-5-4-9(2)6-11(10)14/h4-6,16-17H,3,7-8H2,1-2H3,(H,15,18). The molecule has 1 amide bonds. The first kappa shape index (κ1) is 14.6. The highest BCUT2D eigenvalue weighted by atomic mass is 19.1. The van der Waals surface area contributed by atoms with Gasteiger partial charge in [0.15, 0.2) is 0 Å². The van der Waals surface area contributed by atoms with Crippen molar-refractivity contribution in [1.82, 2.24) is 5.32 Å². The fraction of sp³-hybridized carbons (Fsp3) is 0.462. The third-order valence-corrected chi connectivity index (χ3v) is 3.03. The van der Waals surface area contributed by atoms with Crippen molar-refractivity contribution in [3.8, 4) is 0 Å². The van der Waals surface area contributed by atoms with Crippen molar-refractivity contribution in [3.05, 3.63) is 35.1 Å². The predicted octanol–water partition coefficient (Wildman–Crippen LogP) is 0.997. The zero-order valence-corrected chi connectivity index (χ0v) is 10.5. The van der Waals surface area contributed by atoms with Gasteiger partial charge in [0.25, 0.3) is 5.91 Å². The fourth-order valence-electron chi connectivity index (χ4n) is 1.55. The van der Waals surface area contributed by atoms with Crippen LogP contribution in [0.2, 0.25) is 0 Å². The fourth-order valence-corrected chi connectivity index (χ4v) is 1.55. The molecule has 0 atom stereocenters. The van der Waals surface area contributed by atoms with Crippen LogP contribution in [0.5, 0.6) is 0 Å². The molecule has 0 saturated heterocycles. The van der Waals surface area contributed by atoms with Crippen LogP contribution in [0.4, 0.5) is 4.39 Å². The number of aliphatic hydroxyl groups is 2. The van der Waals surface area contributed by atoms with E-state index in [9.17, 15) is 19.4 Å². The largest absolute Gasteiger partial charge is 0.394 e. The zero-order valence-electron chi connectivity index (χ0n) is 10.5. The number of benzene rings is 1. The summed E-state index contributed by atoms with van der Waals surface area (Å²) >= 11 is 0. The summed E-state index contributed by atoms with van der Waals surface area (Å²) in [4.78, 5) is 11.9. The lowest BCUT2D eigenvalue weighted by molar-refractivity contribution is 0.0650. The third-order valence-electron chi connectivity index (χ3n) is 3.03. The Morgan fingerprint density at radius 3 is 2.44 bits per heavy atom. The summed E-state index contributed by atoms with van der Waals surface area (Å²) in [5.74, 6) is -1.26. The van der Waals surface area contributed by atoms with E-state index in [1.54, 1.807) is 19.9 Å². The molecule has 100 valence electrons. The summed E-state index contributed by atoms with van der Waals surface area (Å²) < 4.78 is 13.6. The van der Waals surface area contributed by atoms with Gasteiger partial charge in [-0.2, -0.15) is 0 Å². The van der Waals surface area contributed by atoms with E-state index in [4.69, 9.17) is 0 Å². The van der Waals surface area contributed by atoms with E-state index < -0.39 is 30.5 Å². The average Bonchev–Trinajstić information content (AvgIpc) is 2.36. The number of rotatable bonds is 5. The maximum atomic E-state index is 13.6. The van der Waals surface area contributed by atoms with Gasteiger partial charge >= 0.3 is 0 Å². The lowest BCUT2D eigenvalue weighted by Crippen LogP contribution is -2.53. The Morgan fingerprint density at radius 1 is 1.39 bits per heavy atom. The molecule has 0 spiro atoms. The van der Waals surface area contributed by atoms with Crippen LogP contribution in [0.25, 0.3) is 0 Å². The second kappa shape index (κ2) is 5.93. The van der Waals surface area contributed by atoms with Gasteiger partial charge in [-0.05, 0) is 31.0 Å². The van der Waals surface area contributed by atoms with Crippen molar-refractivity contribution in [3.63, 3.8) is 0 Å². The number of aliphatic hydroxyl groups excluding tert-OH is 2. The van der Waals surface area contributed by atoms with Gasteiger partial charge in [-0.3, -0.25) is 4.79 Å². The molecular weight excluding hydrogens is 237 g/mol. The number of hydrogen-bond acceptors (Lipinski definition) is 3. The lowest BCUT2D eigenvalue weighted by atomic mass is 9.97. The van der Waals surface area contributed by atoms with E-state index in [0.29, 0.717) is 6.42 Å². The van der Waals surface area contributed by atoms with E-state index in [1.807, 2.05) is 0 Å². The SMILES string of the molecule is CCC(CO)(CO)NC(=O)c1ccc(C)cc1F. The molecule has 0 aliphatic rings. The second-order valence-electron chi connectivity index (χ2n) is 4.39. The Kier molecular flexibility index (Phi) is 4.81. The highest BCUT2D eigenvalue weighted by molar-refractivity contribution is 5.95. The second-order valence-corrected chi connectivity index (χ2v) is 4.39. The smallest absolute Gasteiger partial charge is 0.254 e.